The van der Waals surface area contributed by atoms with E-state index < -0.39 is 98.7 Å². The molecular formula is C34H43FN6O10S. The molecule has 6 amide bonds. The fraction of sp³-hybridized carbons (Fsp3) is 0.529. The highest BCUT2D eigenvalue weighted by Gasteiger charge is 2.62. The van der Waals surface area contributed by atoms with Gasteiger partial charge in [-0.2, -0.15) is 0 Å². The third-order valence-corrected chi connectivity index (χ3v) is 11.0. The van der Waals surface area contributed by atoms with Crippen LogP contribution in [-0.4, -0.2) is 102 Å². The highest BCUT2D eigenvalue weighted by molar-refractivity contribution is 7.91. The first kappa shape index (κ1) is 38.2. The third-order valence-electron chi connectivity index (χ3n) is 9.20. The van der Waals surface area contributed by atoms with Gasteiger partial charge in [0.1, 0.15) is 35.1 Å². The number of nitrogens with zero attached hydrogens (tertiary/aromatic N) is 2. The summed E-state index contributed by atoms with van der Waals surface area (Å²) in [5.41, 5.74) is -1.69. The van der Waals surface area contributed by atoms with Crippen LogP contribution in [0.3, 0.4) is 0 Å². The van der Waals surface area contributed by atoms with Gasteiger partial charge in [-0.25, -0.2) is 22.4 Å². The number of likely N-dealkylation sites (tertiary alicyclic amines) is 1. The Morgan fingerprint density at radius 2 is 1.83 bits per heavy atom. The smallest absolute Gasteiger partial charge is 0.410 e. The maximum atomic E-state index is 14.4. The molecule has 4 N–H and O–H groups in total. The second kappa shape index (κ2) is 14.6. The Hall–Kier alpha value is -5.00. The van der Waals surface area contributed by atoms with E-state index >= 15 is 0 Å². The number of hydrogen-bond acceptors (Lipinski definition) is 10. The molecule has 4 aliphatic rings. The maximum Gasteiger partial charge on any atom is 0.410 e. The van der Waals surface area contributed by atoms with E-state index in [9.17, 15) is 41.6 Å². The van der Waals surface area contributed by atoms with Crippen molar-refractivity contribution in [2.45, 2.75) is 94.1 Å². The summed E-state index contributed by atoms with van der Waals surface area (Å²) in [6.07, 6.45) is 0.0355. The number of fused-ring (bicyclic) bond motifs is 1. The van der Waals surface area contributed by atoms with Crippen molar-refractivity contribution in [3.05, 3.63) is 60.5 Å². The van der Waals surface area contributed by atoms with Crippen molar-refractivity contribution in [2.75, 3.05) is 13.1 Å². The number of carbonyl (C=O) groups excluding carboxylic acids is 6. The van der Waals surface area contributed by atoms with E-state index in [-0.39, 0.29) is 32.5 Å². The highest BCUT2D eigenvalue weighted by Crippen LogP contribution is 2.45. The molecule has 0 spiro atoms. The van der Waals surface area contributed by atoms with Gasteiger partial charge in [0.15, 0.2) is 0 Å². The van der Waals surface area contributed by atoms with Gasteiger partial charge in [0, 0.05) is 31.0 Å². The van der Waals surface area contributed by atoms with Crippen LogP contribution in [0.1, 0.15) is 57.6 Å². The molecule has 2 aliphatic heterocycles. The molecule has 5 rings (SSSR count). The third kappa shape index (κ3) is 8.54. The number of amides is 6. The predicted molar refractivity (Wildman–Crippen MR) is 182 cm³/mol. The normalized spacial score (nSPS) is 24.1. The topological polar surface area (TPSA) is 210 Å². The molecule has 2 heterocycles. The van der Waals surface area contributed by atoms with Crippen LogP contribution in [0.2, 0.25) is 0 Å². The second-order valence-corrected chi connectivity index (χ2v) is 16.3. The Kier molecular flexibility index (Phi) is 10.7. The van der Waals surface area contributed by atoms with Gasteiger partial charge in [-0.1, -0.05) is 24.8 Å². The first-order chi connectivity index (χ1) is 24.4. The molecule has 282 valence electrons. The minimum absolute atomic E-state index is 0.0375. The Morgan fingerprint density at radius 3 is 2.42 bits per heavy atom. The number of benzene rings is 1. The highest BCUT2D eigenvalue weighted by atomic mass is 32.2. The van der Waals surface area contributed by atoms with Crippen LogP contribution in [0.25, 0.3) is 0 Å². The van der Waals surface area contributed by atoms with Crippen LogP contribution in [0, 0.1) is 11.7 Å². The summed E-state index contributed by atoms with van der Waals surface area (Å²) in [5, 5.41) is 6.77. The summed E-state index contributed by atoms with van der Waals surface area (Å²) in [5.74, 6) is -4.44. The first-order valence-corrected chi connectivity index (χ1v) is 18.3. The second-order valence-electron chi connectivity index (χ2n) is 14.3. The number of rotatable bonds is 12. The molecule has 0 aromatic heterocycles. The van der Waals surface area contributed by atoms with E-state index in [0.29, 0.717) is 24.0 Å². The summed E-state index contributed by atoms with van der Waals surface area (Å²) < 4.78 is 52.7. The number of hydrogen-bond donors (Lipinski definition) is 4. The van der Waals surface area contributed by atoms with Gasteiger partial charge >= 0.3 is 12.2 Å². The Morgan fingerprint density at radius 1 is 1.12 bits per heavy atom. The monoisotopic (exact) mass is 746 g/mol. The molecule has 0 bridgehead atoms. The molecule has 0 radical (unpaired) electrons. The zero-order valence-electron chi connectivity index (χ0n) is 29.1. The molecule has 16 nitrogen and oxygen atoms in total. The van der Waals surface area contributed by atoms with Crippen molar-refractivity contribution < 1.29 is 51.0 Å². The van der Waals surface area contributed by atoms with Crippen molar-refractivity contribution >= 4 is 45.8 Å². The molecule has 1 aromatic rings. The summed E-state index contributed by atoms with van der Waals surface area (Å²) >= 11 is 0. The van der Waals surface area contributed by atoms with Gasteiger partial charge in [-0.15, -0.1) is 6.58 Å². The molecular weight excluding hydrogens is 703 g/mol. The van der Waals surface area contributed by atoms with E-state index in [2.05, 4.69) is 33.8 Å². The van der Waals surface area contributed by atoms with Gasteiger partial charge in [-0.3, -0.25) is 28.8 Å². The van der Waals surface area contributed by atoms with E-state index in [1.165, 1.54) is 23.1 Å². The molecule has 18 heteroatoms. The molecule has 2 aliphatic carbocycles. The van der Waals surface area contributed by atoms with Crippen LogP contribution >= 0.6 is 0 Å². The average molecular weight is 747 g/mol. The molecule has 1 saturated heterocycles. The van der Waals surface area contributed by atoms with Crippen molar-refractivity contribution in [3.8, 4) is 0 Å². The average Bonchev–Trinajstić information content (AvgIpc) is 3.96. The van der Waals surface area contributed by atoms with E-state index in [0.717, 1.165) is 11.0 Å². The van der Waals surface area contributed by atoms with Gasteiger partial charge in [-0.05, 0) is 57.7 Å². The molecule has 5 atom stereocenters. The summed E-state index contributed by atoms with van der Waals surface area (Å²) in [6.45, 7) is 11.1. The Labute approximate surface area is 300 Å². The predicted octanol–water partition coefficient (Wildman–Crippen LogP) is 1.11. The van der Waals surface area contributed by atoms with Gasteiger partial charge < -0.3 is 30.3 Å². The number of alkyl carbamates (subject to hydrolysis) is 1. The lowest BCUT2D eigenvalue weighted by Gasteiger charge is -2.30. The first-order valence-electron chi connectivity index (χ1n) is 16.8. The van der Waals surface area contributed by atoms with Gasteiger partial charge in [0.05, 0.1) is 18.3 Å². The quantitative estimate of drug-likeness (QED) is 0.177. The number of carbonyl (C=O) groups is 6. The summed E-state index contributed by atoms with van der Waals surface area (Å²) in [4.78, 5) is 82.0. The van der Waals surface area contributed by atoms with Crippen LogP contribution in [0.5, 0.6) is 0 Å². The minimum atomic E-state index is -3.97. The van der Waals surface area contributed by atoms with Gasteiger partial charge in [0.2, 0.25) is 27.7 Å². The lowest BCUT2D eigenvalue weighted by molar-refractivity contribution is -0.141. The SMILES string of the molecule is C=CC(=O)NCC(NC(=O)OC(C)(C)C)C(=O)N1CC(OC(=O)N2Cc3cccc(F)c3C2)CC1C(=O)NC1(C(=O)NS(=O)(=O)C2CC2)CC1C=C. The van der Waals surface area contributed by atoms with Crippen molar-refractivity contribution in [1.29, 1.82) is 0 Å². The fourth-order valence-electron chi connectivity index (χ4n) is 6.25. The zero-order valence-corrected chi connectivity index (χ0v) is 29.9. The lowest BCUT2D eigenvalue weighted by Crippen LogP contribution is -2.59. The molecule has 1 aromatic carbocycles. The summed E-state index contributed by atoms with van der Waals surface area (Å²) in [6, 6.07) is 1.61. The molecule has 2 saturated carbocycles. The molecule has 3 fully saturated rings. The number of ether oxygens (including phenoxy) is 2. The standard InChI is InChI=1S/C34H43FN6O10S/c1-6-20-14-34(20,30(45)39-52(48,49)22-11-12-22)38-28(43)26-13-21(50-32(47)40-16-19-9-8-10-24(35)23(19)18-40)17-41(26)29(44)25(15-36-27(42)7-2)37-31(46)51-33(3,4)5/h6-10,20-22,25-26H,1-2,11-18H2,3-5H3,(H,36,42)(H,37,46)(H,38,43)(H,39,45). The minimum Gasteiger partial charge on any atom is -0.444 e. The van der Waals surface area contributed by atoms with Crippen LogP contribution in [-0.2, 0) is 51.8 Å². The zero-order chi connectivity index (χ0) is 38.2. The fourth-order valence-corrected chi connectivity index (χ4v) is 7.61. The van der Waals surface area contributed by atoms with Crippen LogP contribution in [0.15, 0.2) is 43.5 Å². The lowest BCUT2D eigenvalue weighted by atomic mass is 10.1. The molecule has 5 unspecified atom stereocenters. The molecule has 52 heavy (non-hydrogen) atoms. The van der Waals surface area contributed by atoms with Crippen molar-refractivity contribution in [3.63, 3.8) is 0 Å². The maximum absolute atomic E-state index is 14.4. The largest absolute Gasteiger partial charge is 0.444 e. The van der Waals surface area contributed by atoms with Crippen molar-refractivity contribution in [1.82, 2.24) is 30.5 Å². The van der Waals surface area contributed by atoms with E-state index in [1.54, 1.807) is 26.8 Å². The Balaban J connectivity index is 1.38. The number of halogens is 1. The summed E-state index contributed by atoms with van der Waals surface area (Å²) in [7, 11) is -3.97. The number of nitrogens with one attached hydrogen (secondary N) is 4. The Bertz CT molecular complexity index is 1790. The van der Waals surface area contributed by atoms with Crippen molar-refractivity contribution in [2.24, 2.45) is 5.92 Å². The van der Waals surface area contributed by atoms with Gasteiger partial charge in [0.25, 0.3) is 5.91 Å². The van der Waals surface area contributed by atoms with E-state index in [1.807, 2.05) is 0 Å². The van der Waals surface area contributed by atoms with E-state index in [4.69, 9.17) is 9.47 Å². The van der Waals surface area contributed by atoms with Crippen LogP contribution < -0.4 is 20.7 Å². The van der Waals surface area contributed by atoms with Crippen LogP contribution in [0.4, 0.5) is 14.0 Å². The number of sulfonamides is 1.